The molecule has 0 bridgehead atoms. The lowest BCUT2D eigenvalue weighted by atomic mass is 9.64. The maximum Gasteiger partial charge on any atom is 0.0153 e. The average molecular weight is 222 g/mol. The van der Waals surface area contributed by atoms with Gasteiger partial charge in [0.1, 0.15) is 0 Å². The Hall–Kier alpha value is -0.0800. The SMILES string of the molecule is C1CCC2(CCNCC2)C(N2CCCC2)C1. The van der Waals surface area contributed by atoms with Crippen molar-refractivity contribution < 1.29 is 0 Å². The molecule has 3 fully saturated rings. The van der Waals surface area contributed by atoms with Crippen LogP contribution in [-0.2, 0) is 0 Å². The van der Waals surface area contributed by atoms with Gasteiger partial charge in [-0.15, -0.1) is 0 Å². The van der Waals surface area contributed by atoms with Gasteiger partial charge in [0.05, 0.1) is 0 Å². The van der Waals surface area contributed by atoms with E-state index in [-0.39, 0.29) is 0 Å². The molecule has 1 aliphatic carbocycles. The summed E-state index contributed by atoms with van der Waals surface area (Å²) in [5, 5.41) is 3.55. The lowest BCUT2D eigenvalue weighted by Gasteiger charge is -2.50. The van der Waals surface area contributed by atoms with E-state index >= 15 is 0 Å². The van der Waals surface area contributed by atoms with Crippen LogP contribution in [0.2, 0.25) is 0 Å². The first-order valence-electron chi connectivity index (χ1n) is 7.36. The topological polar surface area (TPSA) is 15.3 Å². The second-order valence-electron chi connectivity index (χ2n) is 6.12. The molecule has 92 valence electrons. The molecule has 0 radical (unpaired) electrons. The molecule has 2 heteroatoms. The van der Waals surface area contributed by atoms with Crippen LogP contribution in [0.15, 0.2) is 0 Å². The van der Waals surface area contributed by atoms with Crippen LogP contribution in [0.25, 0.3) is 0 Å². The first kappa shape index (κ1) is 11.0. The third-order valence-corrected chi connectivity index (χ3v) is 5.29. The highest BCUT2D eigenvalue weighted by atomic mass is 15.2. The van der Waals surface area contributed by atoms with Gasteiger partial charge < -0.3 is 5.32 Å². The average Bonchev–Trinajstić information content (AvgIpc) is 2.84. The highest BCUT2D eigenvalue weighted by Crippen LogP contribution is 2.46. The molecular weight excluding hydrogens is 196 g/mol. The van der Waals surface area contributed by atoms with Crippen molar-refractivity contribution in [2.45, 2.75) is 57.4 Å². The Kier molecular flexibility index (Phi) is 3.21. The minimum atomic E-state index is 0.702. The third-order valence-electron chi connectivity index (χ3n) is 5.29. The molecule has 3 rings (SSSR count). The lowest BCUT2D eigenvalue weighted by Crippen LogP contribution is -2.53. The largest absolute Gasteiger partial charge is 0.317 e. The Bertz CT molecular complexity index is 219. The maximum atomic E-state index is 3.55. The maximum absolute atomic E-state index is 3.55. The zero-order chi connectivity index (χ0) is 10.8. The molecule has 0 amide bonds. The molecule has 0 aromatic heterocycles. The summed E-state index contributed by atoms with van der Waals surface area (Å²) in [6, 6.07) is 0.936. The predicted molar refractivity (Wildman–Crippen MR) is 67.6 cm³/mol. The number of nitrogens with one attached hydrogen (secondary N) is 1. The van der Waals surface area contributed by atoms with Crippen LogP contribution in [0, 0.1) is 5.41 Å². The summed E-state index contributed by atoms with van der Waals surface area (Å²) in [4.78, 5) is 2.84. The van der Waals surface area contributed by atoms with Gasteiger partial charge in [-0.2, -0.15) is 0 Å². The van der Waals surface area contributed by atoms with Crippen molar-refractivity contribution in [1.29, 1.82) is 0 Å². The van der Waals surface area contributed by atoms with Crippen molar-refractivity contribution in [2.24, 2.45) is 5.41 Å². The fourth-order valence-electron chi connectivity index (χ4n) is 4.42. The molecule has 2 aliphatic heterocycles. The van der Waals surface area contributed by atoms with Crippen LogP contribution < -0.4 is 5.32 Å². The number of rotatable bonds is 1. The van der Waals surface area contributed by atoms with Crippen molar-refractivity contribution in [2.75, 3.05) is 26.2 Å². The smallest absolute Gasteiger partial charge is 0.0153 e. The zero-order valence-corrected chi connectivity index (χ0v) is 10.5. The van der Waals surface area contributed by atoms with Gasteiger partial charge in [-0.05, 0) is 70.1 Å². The summed E-state index contributed by atoms with van der Waals surface area (Å²) in [6.07, 6.45) is 11.7. The second-order valence-corrected chi connectivity index (χ2v) is 6.12. The van der Waals surface area contributed by atoms with Crippen LogP contribution in [0.3, 0.4) is 0 Å². The molecule has 0 aromatic rings. The molecule has 2 saturated heterocycles. The number of nitrogens with zero attached hydrogens (tertiary/aromatic N) is 1. The highest BCUT2D eigenvalue weighted by Gasteiger charge is 2.44. The molecule has 2 nitrogen and oxygen atoms in total. The fraction of sp³-hybridized carbons (Fsp3) is 1.00. The lowest BCUT2D eigenvalue weighted by molar-refractivity contribution is 0.0124. The Balaban J connectivity index is 1.76. The van der Waals surface area contributed by atoms with Crippen LogP contribution in [-0.4, -0.2) is 37.1 Å². The number of likely N-dealkylation sites (tertiary alicyclic amines) is 1. The number of hydrogen-bond donors (Lipinski definition) is 1. The van der Waals surface area contributed by atoms with E-state index in [1.54, 1.807) is 0 Å². The van der Waals surface area contributed by atoms with E-state index in [0.717, 1.165) is 6.04 Å². The van der Waals surface area contributed by atoms with Gasteiger partial charge in [0.15, 0.2) is 0 Å². The van der Waals surface area contributed by atoms with Crippen LogP contribution in [0.4, 0.5) is 0 Å². The van der Waals surface area contributed by atoms with Crippen molar-refractivity contribution in [1.82, 2.24) is 10.2 Å². The van der Waals surface area contributed by atoms with Crippen molar-refractivity contribution in [3.05, 3.63) is 0 Å². The summed E-state index contributed by atoms with van der Waals surface area (Å²) in [6.45, 7) is 5.31. The van der Waals surface area contributed by atoms with E-state index < -0.39 is 0 Å². The number of hydrogen-bond acceptors (Lipinski definition) is 2. The molecule has 1 unspecified atom stereocenters. The van der Waals surface area contributed by atoms with Crippen molar-refractivity contribution in [3.8, 4) is 0 Å². The number of piperidine rings is 1. The molecule has 1 spiro atoms. The molecular formula is C14H26N2. The fourth-order valence-corrected chi connectivity index (χ4v) is 4.42. The Morgan fingerprint density at radius 1 is 0.875 bits per heavy atom. The summed E-state index contributed by atoms with van der Waals surface area (Å²) >= 11 is 0. The first-order valence-corrected chi connectivity index (χ1v) is 7.36. The first-order chi connectivity index (χ1) is 7.91. The van der Waals surface area contributed by atoms with Gasteiger partial charge in [-0.3, -0.25) is 4.90 Å². The van der Waals surface area contributed by atoms with Gasteiger partial charge in [-0.1, -0.05) is 12.8 Å². The summed E-state index contributed by atoms with van der Waals surface area (Å²) in [5.41, 5.74) is 0.702. The molecule has 1 saturated carbocycles. The molecule has 16 heavy (non-hydrogen) atoms. The van der Waals surface area contributed by atoms with Crippen LogP contribution >= 0.6 is 0 Å². The molecule has 0 aromatic carbocycles. The molecule has 3 aliphatic rings. The van der Waals surface area contributed by atoms with Gasteiger partial charge in [0.2, 0.25) is 0 Å². The minimum absolute atomic E-state index is 0.702. The van der Waals surface area contributed by atoms with Gasteiger partial charge in [0, 0.05) is 6.04 Å². The van der Waals surface area contributed by atoms with E-state index in [1.807, 2.05) is 0 Å². The Morgan fingerprint density at radius 2 is 1.62 bits per heavy atom. The van der Waals surface area contributed by atoms with Crippen molar-refractivity contribution in [3.63, 3.8) is 0 Å². The zero-order valence-electron chi connectivity index (χ0n) is 10.5. The normalized spacial score (nSPS) is 35.6. The van der Waals surface area contributed by atoms with Gasteiger partial charge >= 0.3 is 0 Å². The van der Waals surface area contributed by atoms with E-state index in [0.29, 0.717) is 5.41 Å². The summed E-state index contributed by atoms with van der Waals surface area (Å²) in [7, 11) is 0. The Morgan fingerprint density at radius 3 is 2.38 bits per heavy atom. The van der Waals surface area contributed by atoms with E-state index in [2.05, 4.69) is 10.2 Å². The summed E-state index contributed by atoms with van der Waals surface area (Å²) < 4.78 is 0. The second kappa shape index (κ2) is 4.66. The Labute approximate surface area is 99.8 Å². The standard InChI is InChI=1S/C14H26N2/c1-2-6-14(7-9-15-10-8-14)13(5-1)16-11-3-4-12-16/h13,15H,1-12H2. The van der Waals surface area contributed by atoms with E-state index in [4.69, 9.17) is 0 Å². The molecule has 2 heterocycles. The van der Waals surface area contributed by atoms with E-state index in [9.17, 15) is 0 Å². The predicted octanol–water partition coefficient (Wildman–Crippen LogP) is 2.39. The van der Waals surface area contributed by atoms with E-state index in [1.165, 1.54) is 77.5 Å². The van der Waals surface area contributed by atoms with Crippen LogP contribution in [0.5, 0.6) is 0 Å². The molecule has 1 N–H and O–H groups in total. The highest BCUT2D eigenvalue weighted by molar-refractivity contribution is 4.98. The quantitative estimate of drug-likeness (QED) is 0.733. The monoisotopic (exact) mass is 222 g/mol. The minimum Gasteiger partial charge on any atom is -0.317 e. The van der Waals surface area contributed by atoms with Gasteiger partial charge in [0.25, 0.3) is 0 Å². The third kappa shape index (κ3) is 1.91. The molecule has 1 atom stereocenters. The summed E-state index contributed by atoms with van der Waals surface area (Å²) in [5.74, 6) is 0. The van der Waals surface area contributed by atoms with Crippen molar-refractivity contribution >= 4 is 0 Å². The van der Waals surface area contributed by atoms with Gasteiger partial charge in [-0.25, -0.2) is 0 Å². The van der Waals surface area contributed by atoms with Crippen LogP contribution in [0.1, 0.15) is 51.4 Å².